The van der Waals surface area contributed by atoms with Crippen molar-refractivity contribution in [2.45, 2.75) is 13.5 Å². The third-order valence-electron chi connectivity index (χ3n) is 1.53. The normalized spacial score (nSPS) is 9.92. The third kappa shape index (κ3) is 1.67. The molecule has 1 aromatic rings. The first-order chi connectivity index (χ1) is 6.07. The number of nitrogens with zero attached hydrogens (tertiary/aromatic N) is 3. The lowest BCUT2D eigenvalue weighted by Gasteiger charge is -2.06. The molecule has 1 heterocycles. The first-order valence-electron chi connectivity index (χ1n) is 3.64. The first kappa shape index (κ1) is 9.66. The van der Waals surface area contributed by atoms with Crippen molar-refractivity contribution in [1.29, 1.82) is 0 Å². The fraction of sp³-hybridized carbons (Fsp3) is 0.286. The number of nitrogens with two attached hydrogens (primary N) is 1. The molecule has 0 fully saturated rings. The van der Waals surface area contributed by atoms with E-state index in [0.717, 1.165) is 4.68 Å². The molecule has 0 saturated heterocycles. The van der Waals surface area contributed by atoms with Crippen molar-refractivity contribution in [3.05, 3.63) is 33.5 Å². The Kier molecular flexibility index (Phi) is 2.62. The fourth-order valence-electron chi connectivity index (χ4n) is 0.893. The molecule has 0 aromatic carbocycles. The summed E-state index contributed by atoms with van der Waals surface area (Å²) in [5.74, 6) is 5.42. The van der Waals surface area contributed by atoms with Gasteiger partial charge in [0.2, 0.25) is 4.77 Å². The fourth-order valence-corrected chi connectivity index (χ4v) is 1.09. The van der Waals surface area contributed by atoms with Crippen LogP contribution >= 0.6 is 12.2 Å². The monoisotopic (exact) mass is 198 g/mol. The molecule has 13 heavy (non-hydrogen) atoms. The van der Waals surface area contributed by atoms with Crippen molar-refractivity contribution in [2.24, 2.45) is 0 Å². The Morgan fingerprint density at radius 2 is 2.38 bits per heavy atom. The predicted molar refractivity (Wildman–Crippen MR) is 52.4 cm³/mol. The standard InChI is InChI=1S/C7H10N4OS/c1-3-4-10-7(13)11(8)6(12)5(2)9-10/h3H,1,4,8H2,2H3. The van der Waals surface area contributed by atoms with Crippen molar-refractivity contribution in [1.82, 2.24) is 14.5 Å². The highest BCUT2D eigenvalue weighted by Crippen LogP contribution is 1.87. The summed E-state index contributed by atoms with van der Waals surface area (Å²) in [5.41, 5.74) is -0.0525. The van der Waals surface area contributed by atoms with Gasteiger partial charge in [0.05, 0.1) is 6.54 Å². The first-order valence-corrected chi connectivity index (χ1v) is 4.05. The van der Waals surface area contributed by atoms with Crippen LogP contribution in [0.15, 0.2) is 17.4 Å². The molecule has 0 radical (unpaired) electrons. The van der Waals surface area contributed by atoms with Crippen molar-refractivity contribution in [3.63, 3.8) is 0 Å². The largest absolute Gasteiger partial charge is 0.334 e. The summed E-state index contributed by atoms with van der Waals surface area (Å²) in [5, 5.41) is 3.95. The van der Waals surface area contributed by atoms with Crippen molar-refractivity contribution < 1.29 is 0 Å². The van der Waals surface area contributed by atoms with Gasteiger partial charge in [-0.2, -0.15) is 9.77 Å². The number of nitrogen functional groups attached to an aromatic ring is 1. The molecule has 70 valence electrons. The van der Waals surface area contributed by atoms with Gasteiger partial charge in [0, 0.05) is 0 Å². The molecule has 0 saturated carbocycles. The SMILES string of the molecule is C=CCn1nc(C)c(=O)n(N)c1=S. The Morgan fingerprint density at radius 3 is 2.92 bits per heavy atom. The summed E-state index contributed by atoms with van der Waals surface area (Å²) >= 11 is 4.90. The van der Waals surface area contributed by atoms with Crippen LogP contribution in [-0.4, -0.2) is 14.5 Å². The van der Waals surface area contributed by atoms with E-state index in [2.05, 4.69) is 11.7 Å². The van der Waals surface area contributed by atoms with E-state index in [1.165, 1.54) is 4.68 Å². The summed E-state index contributed by atoms with van der Waals surface area (Å²) in [6, 6.07) is 0. The minimum Gasteiger partial charge on any atom is -0.334 e. The average molecular weight is 198 g/mol. The minimum absolute atomic E-state index is 0.190. The summed E-state index contributed by atoms with van der Waals surface area (Å²) in [7, 11) is 0. The maximum absolute atomic E-state index is 11.2. The number of hydrogen-bond donors (Lipinski definition) is 1. The average Bonchev–Trinajstić information content (AvgIpc) is 2.11. The number of hydrogen-bond acceptors (Lipinski definition) is 4. The number of aryl methyl sites for hydroxylation is 1. The van der Waals surface area contributed by atoms with Gasteiger partial charge in [0.15, 0.2) is 0 Å². The van der Waals surface area contributed by atoms with Crippen LogP contribution in [0.2, 0.25) is 0 Å². The Labute approximate surface area is 80.1 Å². The zero-order valence-electron chi connectivity index (χ0n) is 7.23. The molecular formula is C7H10N4OS. The predicted octanol–water partition coefficient (Wildman–Crippen LogP) is -0.0175. The molecule has 5 nitrogen and oxygen atoms in total. The lowest BCUT2D eigenvalue weighted by molar-refractivity contribution is 0.591. The van der Waals surface area contributed by atoms with Crippen LogP contribution in [0.1, 0.15) is 5.69 Å². The highest BCUT2D eigenvalue weighted by Gasteiger charge is 2.02. The molecular weight excluding hydrogens is 188 g/mol. The Balaban J connectivity index is 3.50. The van der Waals surface area contributed by atoms with Gasteiger partial charge in [-0.05, 0) is 19.1 Å². The summed E-state index contributed by atoms with van der Waals surface area (Å²) in [6.45, 7) is 5.57. The molecule has 0 aliphatic rings. The van der Waals surface area contributed by atoms with E-state index in [1.54, 1.807) is 13.0 Å². The minimum atomic E-state index is -0.370. The summed E-state index contributed by atoms with van der Waals surface area (Å²) in [6.07, 6.45) is 1.63. The molecule has 0 bridgehead atoms. The Bertz CT molecular complexity index is 445. The second-order valence-electron chi connectivity index (χ2n) is 2.51. The van der Waals surface area contributed by atoms with Gasteiger partial charge < -0.3 is 5.84 Å². The second-order valence-corrected chi connectivity index (χ2v) is 2.88. The summed E-state index contributed by atoms with van der Waals surface area (Å²) < 4.78 is 2.54. The Hall–Kier alpha value is -1.43. The molecule has 0 spiro atoms. The van der Waals surface area contributed by atoms with Crippen LogP contribution in [0.4, 0.5) is 0 Å². The maximum Gasteiger partial charge on any atom is 0.294 e. The lowest BCUT2D eigenvalue weighted by atomic mass is 10.5. The van der Waals surface area contributed by atoms with Gasteiger partial charge >= 0.3 is 0 Å². The van der Waals surface area contributed by atoms with E-state index in [9.17, 15) is 4.79 Å². The van der Waals surface area contributed by atoms with Crippen LogP contribution in [0, 0.1) is 11.7 Å². The van der Waals surface area contributed by atoms with Crippen molar-refractivity contribution in [3.8, 4) is 0 Å². The Morgan fingerprint density at radius 1 is 1.77 bits per heavy atom. The van der Waals surface area contributed by atoms with Crippen LogP contribution < -0.4 is 11.4 Å². The van der Waals surface area contributed by atoms with Crippen LogP contribution in [0.3, 0.4) is 0 Å². The van der Waals surface area contributed by atoms with E-state index in [4.69, 9.17) is 18.1 Å². The third-order valence-corrected chi connectivity index (χ3v) is 1.94. The van der Waals surface area contributed by atoms with Gasteiger partial charge in [0.1, 0.15) is 5.69 Å². The lowest BCUT2D eigenvalue weighted by Crippen LogP contribution is -2.34. The van der Waals surface area contributed by atoms with Gasteiger partial charge in [-0.1, -0.05) is 6.08 Å². The van der Waals surface area contributed by atoms with Crippen molar-refractivity contribution >= 4 is 12.2 Å². The highest BCUT2D eigenvalue weighted by molar-refractivity contribution is 7.71. The topological polar surface area (TPSA) is 65.8 Å². The number of rotatable bonds is 2. The van der Waals surface area contributed by atoms with Crippen LogP contribution in [0.25, 0.3) is 0 Å². The smallest absolute Gasteiger partial charge is 0.294 e. The van der Waals surface area contributed by atoms with Crippen molar-refractivity contribution in [2.75, 3.05) is 5.84 Å². The molecule has 0 aliphatic heterocycles. The van der Waals surface area contributed by atoms with E-state index in [0.29, 0.717) is 12.2 Å². The van der Waals surface area contributed by atoms with E-state index >= 15 is 0 Å². The zero-order chi connectivity index (χ0) is 10.0. The van der Waals surface area contributed by atoms with E-state index in [1.807, 2.05) is 0 Å². The molecule has 6 heteroatoms. The van der Waals surface area contributed by atoms with Gasteiger partial charge in [-0.25, -0.2) is 4.68 Å². The summed E-state index contributed by atoms with van der Waals surface area (Å²) in [4.78, 5) is 11.2. The highest BCUT2D eigenvalue weighted by atomic mass is 32.1. The number of allylic oxidation sites excluding steroid dienone is 1. The maximum atomic E-state index is 11.2. The van der Waals surface area contributed by atoms with Crippen LogP contribution in [0.5, 0.6) is 0 Å². The van der Waals surface area contributed by atoms with Crippen LogP contribution in [-0.2, 0) is 6.54 Å². The molecule has 0 atom stereocenters. The van der Waals surface area contributed by atoms with Gasteiger partial charge in [-0.15, -0.1) is 6.58 Å². The molecule has 0 amide bonds. The van der Waals surface area contributed by atoms with E-state index < -0.39 is 0 Å². The quantitative estimate of drug-likeness (QED) is 0.412. The van der Waals surface area contributed by atoms with Gasteiger partial charge in [0.25, 0.3) is 5.56 Å². The molecule has 2 N–H and O–H groups in total. The number of aromatic nitrogens is 3. The van der Waals surface area contributed by atoms with Gasteiger partial charge in [-0.3, -0.25) is 4.79 Å². The van der Waals surface area contributed by atoms with E-state index in [-0.39, 0.29) is 10.3 Å². The molecule has 0 aliphatic carbocycles. The molecule has 1 aromatic heterocycles. The molecule has 0 unspecified atom stereocenters. The molecule has 1 rings (SSSR count). The second kappa shape index (κ2) is 3.53. The zero-order valence-corrected chi connectivity index (χ0v) is 8.04.